The Labute approximate surface area is 153 Å². The van der Waals surface area contributed by atoms with E-state index in [0.717, 1.165) is 28.3 Å². The molecule has 0 unspecified atom stereocenters. The number of anilines is 1. The summed E-state index contributed by atoms with van der Waals surface area (Å²) in [6.45, 7) is 2.46. The van der Waals surface area contributed by atoms with Crippen LogP contribution in [0.2, 0.25) is 0 Å². The van der Waals surface area contributed by atoms with Crippen molar-refractivity contribution in [3.8, 4) is 11.5 Å². The molecule has 6 heteroatoms. The molecule has 0 fully saturated rings. The molecule has 2 aromatic rings. The third kappa shape index (κ3) is 5.63. The number of hydrogen-bond acceptors (Lipinski definition) is 3. The van der Waals surface area contributed by atoms with Gasteiger partial charge in [0.05, 0.1) is 20.8 Å². The van der Waals surface area contributed by atoms with Gasteiger partial charge in [0.25, 0.3) is 0 Å². The smallest absolute Gasteiger partial charge is 0.193 e. The second-order valence-electron chi connectivity index (χ2n) is 4.87. The normalized spacial score (nSPS) is 10.7. The summed E-state index contributed by atoms with van der Waals surface area (Å²) >= 11 is 0. The zero-order valence-corrected chi connectivity index (χ0v) is 15.8. The summed E-state index contributed by atoms with van der Waals surface area (Å²) in [6.07, 6.45) is 0. The Morgan fingerprint density at radius 1 is 1.13 bits per heavy atom. The van der Waals surface area contributed by atoms with E-state index in [1.165, 1.54) is 0 Å². The summed E-state index contributed by atoms with van der Waals surface area (Å²) in [6, 6.07) is 13.6. The Morgan fingerprint density at radius 3 is 2.57 bits per heavy atom. The molecule has 0 atom stereocenters. The lowest BCUT2D eigenvalue weighted by atomic mass is 10.2. The maximum Gasteiger partial charge on any atom is 0.193 e. The third-order valence-corrected chi connectivity index (χ3v) is 3.20. The number of nitrogens with one attached hydrogen (secondary N) is 1. The van der Waals surface area contributed by atoms with Gasteiger partial charge in [0.1, 0.15) is 11.5 Å². The molecule has 0 aliphatic rings. The van der Waals surface area contributed by atoms with Crippen LogP contribution in [0, 0.1) is 6.92 Å². The van der Waals surface area contributed by atoms with Crippen LogP contribution in [0.3, 0.4) is 0 Å². The maximum absolute atomic E-state index is 5.92. The van der Waals surface area contributed by atoms with E-state index < -0.39 is 0 Å². The number of hydrogen-bond donors (Lipinski definition) is 2. The fourth-order valence-electron chi connectivity index (χ4n) is 2.06. The summed E-state index contributed by atoms with van der Waals surface area (Å²) in [5.41, 5.74) is 8.95. The van der Waals surface area contributed by atoms with Gasteiger partial charge in [-0.3, -0.25) is 0 Å². The zero-order chi connectivity index (χ0) is 15.9. The first kappa shape index (κ1) is 19.1. The van der Waals surface area contributed by atoms with Gasteiger partial charge in [-0.25, -0.2) is 4.99 Å². The van der Waals surface area contributed by atoms with Gasteiger partial charge in [-0.2, -0.15) is 0 Å². The molecule has 0 amide bonds. The summed E-state index contributed by atoms with van der Waals surface area (Å²) in [7, 11) is 3.24. The Kier molecular flexibility index (Phi) is 7.67. The first-order valence-electron chi connectivity index (χ1n) is 6.97. The average Bonchev–Trinajstić information content (AvgIpc) is 2.52. The van der Waals surface area contributed by atoms with Crippen LogP contribution in [-0.2, 0) is 6.54 Å². The van der Waals surface area contributed by atoms with Crippen LogP contribution in [0.25, 0.3) is 0 Å². The van der Waals surface area contributed by atoms with Gasteiger partial charge in [0.2, 0.25) is 0 Å². The van der Waals surface area contributed by atoms with E-state index in [1.807, 2.05) is 49.4 Å². The molecule has 2 aromatic carbocycles. The van der Waals surface area contributed by atoms with Crippen LogP contribution in [0.15, 0.2) is 47.5 Å². The van der Waals surface area contributed by atoms with Gasteiger partial charge >= 0.3 is 0 Å². The molecule has 2 rings (SSSR count). The van der Waals surface area contributed by atoms with Crippen molar-refractivity contribution in [3.63, 3.8) is 0 Å². The van der Waals surface area contributed by atoms with Gasteiger partial charge in [-0.1, -0.05) is 12.1 Å². The number of halogens is 1. The molecule has 5 nitrogen and oxygen atoms in total. The predicted octanol–water partition coefficient (Wildman–Crippen LogP) is 3.56. The van der Waals surface area contributed by atoms with Crippen LogP contribution in [-0.4, -0.2) is 20.2 Å². The van der Waals surface area contributed by atoms with Crippen molar-refractivity contribution in [2.24, 2.45) is 10.7 Å². The Hall–Kier alpha value is -1.96. The van der Waals surface area contributed by atoms with Gasteiger partial charge in [-0.15, -0.1) is 24.0 Å². The number of aliphatic imine (C=N–C) groups is 1. The minimum absolute atomic E-state index is 0. The summed E-state index contributed by atoms with van der Waals surface area (Å²) < 4.78 is 10.5. The topological polar surface area (TPSA) is 68.9 Å². The first-order valence-corrected chi connectivity index (χ1v) is 6.97. The maximum atomic E-state index is 5.92. The van der Waals surface area contributed by atoms with Gasteiger partial charge < -0.3 is 20.5 Å². The van der Waals surface area contributed by atoms with E-state index in [9.17, 15) is 0 Å². The number of benzene rings is 2. The van der Waals surface area contributed by atoms with Crippen LogP contribution in [0.4, 0.5) is 5.69 Å². The standard InChI is InChI=1S/C17H21N3O2.HI/c1-12-5-4-6-14(9-12)20-17(18)19-11-13-7-8-15(21-2)10-16(13)22-3;/h4-10H,11H2,1-3H3,(H3,18,19,20);1H. The van der Waals surface area contributed by atoms with E-state index >= 15 is 0 Å². The van der Waals surface area contributed by atoms with Crippen molar-refractivity contribution in [3.05, 3.63) is 53.6 Å². The predicted molar refractivity (Wildman–Crippen MR) is 105 cm³/mol. The fourth-order valence-corrected chi connectivity index (χ4v) is 2.06. The molecule has 3 N–H and O–H groups in total. The minimum atomic E-state index is 0. The molecule has 0 heterocycles. The molecule has 124 valence electrons. The lowest BCUT2D eigenvalue weighted by molar-refractivity contribution is 0.391. The molecule has 0 spiro atoms. The van der Waals surface area contributed by atoms with Crippen LogP contribution in [0.1, 0.15) is 11.1 Å². The number of aryl methyl sites for hydroxylation is 1. The van der Waals surface area contributed by atoms with E-state index in [0.29, 0.717) is 12.5 Å². The molecule has 0 saturated carbocycles. The van der Waals surface area contributed by atoms with E-state index in [-0.39, 0.29) is 24.0 Å². The highest BCUT2D eigenvalue weighted by Crippen LogP contribution is 2.25. The van der Waals surface area contributed by atoms with E-state index in [1.54, 1.807) is 14.2 Å². The molecule has 0 aromatic heterocycles. The van der Waals surface area contributed by atoms with Crippen molar-refractivity contribution in [2.75, 3.05) is 19.5 Å². The van der Waals surface area contributed by atoms with E-state index in [4.69, 9.17) is 15.2 Å². The lowest BCUT2D eigenvalue weighted by Crippen LogP contribution is -2.22. The van der Waals surface area contributed by atoms with Crippen molar-refractivity contribution >= 4 is 35.6 Å². The summed E-state index contributed by atoms with van der Waals surface area (Å²) in [5.74, 6) is 1.84. The second-order valence-corrected chi connectivity index (χ2v) is 4.87. The largest absolute Gasteiger partial charge is 0.497 e. The van der Waals surface area contributed by atoms with Gasteiger partial charge in [0.15, 0.2) is 5.96 Å². The zero-order valence-electron chi connectivity index (χ0n) is 13.5. The highest BCUT2D eigenvalue weighted by molar-refractivity contribution is 14.0. The monoisotopic (exact) mass is 427 g/mol. The molecule has 0 radical (unpaired) electrons. The average molecular weight is 427 g/mol. The highest BCUT2D eigenvalue weighted by Gasteiger charge is 2.04. The Bertz CT molecular complexity index is 675. The van der Waals surface area contributed by atoms with E-state index in [2.05, 4.69) is 10.3 Å². The summed E-state index contributed by atoms with van der Waals surface area (Å²) in [4.78, 5) is 4.35. The second kappa shape index (κ2) is 9.24. The van der Waals surface area contributed by atoms with Gasteiger partial charge in [-0.05, 0) is 36.8 Å². The van der Waals surface area contributed by atoms with Crippen LogP contribution >= 0.6 is 24.0 Å². The van der Waals surface area contributed by atoms with Crippen molar-refractivity contribution in [1.82, 2.24) is 0 Å². The number of guanidine groups is 1. The van der Waals surface area contributed by atoms with Crippen LogP contribution in [0.5, 0.6) is 11.5 Å². The lowest BCUT2D eigenvalue weighted by Gasteiger charge is -2.10. The molecule has 0 aliphatic heterocycles. The van der Waals surface area contributed by atoms with Crippen molar-refractivity contribution < 1.29 is 9.47 Å². The molecule has 0 aliphatic carbocycles. The number of ether oxygens (including phenoxy) is 2. The number of methoxy groups -OCH3 is 2. The Balaban J connectivity index is 0.00000264. The number of nitrogens with two attached hydrogens (primary N) is 1. The van der Waals surface area contributed by atoms with Crippen LogP contribution < -0.4 is 20.5 Å². The Morgan fingerprint density at radius 2 is 1.91 bits per heavy atom. The summed E-state index contributed by atoms with van der Waals surface area (Å²) in [5, 5.41) is 3.08. The molecule has 23 heavy (non-hydrogen) atoms. The SMILES string of the molecule is COc1ccc(CN=C(N)Nc2cccc(C)c2)c(OC)c1.I. The fraction of sp³-hybridized carbons (Fsp3) is 0.235. The quantitative estimate of drug-likeness (QED) is 0.435. The van der Waals surface area contributed by atoms with Gasteiger partial charge in [0, 0.05) is 17.3 Å². The number of nitrogens with zero attached hydrogens (tertiary/aromatic N) is 1. The number of rotatable bonds is 5. The first-order chi connectivity index (χ1) is 10.6. The molecular formula is C17H22IN3O2. The van der Waals surface area contributed by atoms with Crippen molar-refractivity contribution in [2.45, 2.75) is 13.5 Å². The third-order valence-electron chi connectivity index (χ3n) is 3.20. The molecule has 0 saturated heterocycles. The highest BCUT2D eigenvalue weighted by atomic mass is 127. The minimum Gasteiger partial charge on any atom is -0.497 e. The molecular weight excluding hydrogens is 405 g/mol. The molecule has 0 bridgehead atoms. The van der Waals surface area contributed by atoms with Crippen molar-refractivity contribution in [1.29, 1.82) is 0 Å².